The molecule has 0 bridgehead atoms. The van der Waals surface area contributed by atoms with Crippen LogP contribution in [0.2, 0.25) is 12.6 Å². The highest BCUT2D eigenvalue weighted by molar-refractivity contribution is 6.66. The van der Waals surface area contributed by atoms with Gasteiger partial charge in [-0.1, -0.05) is 40.0 Å². The quantitative estimate of drug-likeness (QED) is 0.629. The van der Waals surface area contributed by atoms with Gasteiger partial charge in [-0.3, -0.25) is 0 Å². The third kappa shape index (κ3) is 5.69. The van der Waals surface area contributed by atoms with Crippen molar-refractivity contribution < 1.29 is 0 Å². The largest absolute Gasteiger partial charge is 0.389 e. The summed E-state index contributed by atoms with van der Waals surface area (Å²) >= 11 is 0. The molecule has 0 amide bonds. The van der Waals surface area contributed by atoms with Gasteiger partial charge in [-0.05, 0) is 12.3 Å². The van der Waals surface area contributed by atoms with E-state index in [4.69, 9.17) is 5.26 Å². The summed E-state index contributed by atoms with van der Waals surface area (Å²) in [5, 5.41) is 12.1. The van der Waals surface area contributed by atoms with Crippen LogP contribution in [-0.4, -0.2) is 13.3 Å². The second kappa shape index (κ2) is 7.49. The van der Waals surface area contributed by atoms with E-state index in [1.807, 2.05) is 0 Å². The molecular formula is C11H21BN2. The second-order valence-electron chi connectivity index (χ2n) is 3.91. The molecule has 14 heavy (non-hydrogen) atoms. The first-order valence-corrected chi connectivity index (χ1v) is 5.45. The van der Waals surface area contributed by atoms with Crippen LogP contribution in [0.25, 0.3) is 0 Å². The summed E-state index contributed by atoms with van der Waals surface area (Å²) in [5.74, 6) is 2.88. The predicted octanol–water partition coefficient (Wildman–Crippen LogP) is 2.71. The highest BCUT2D eigenvalue weighted by atomic mass is 14.9. The molecule has 1 N–H and O–H groups in total. The molecule has 1 atom stereocenters. The molecule has 0 heterocycles. The maximum absolute atomic E-state index is 8.81. The average Bonchev–Trinajstić information content (AvgIpc) is 2.22. The van der Waals surface area contributed by atoms with E-state index in [9.17, 15) is 0 Å². The van der Waals surface area contributed by atoms with Crippen LogP contribution in [0.1, 0.15) is 27.2 Å². The molecule has 0 rings (SSSR count). The van der Waals surface area contributed by atoms with Gasteiger partial charge in [0.2, 0.25) is 0 Å². The lowest BCUT2D eigenvalue weighted by Crippen LogP contribution is -2.23. The van der Waals surface area contributed by atoms with Crippen molar-refractivity contribution >= 4 is 6.71 Å². The normalized spacial score (nSPS) is 11.6. The average molecular weight is 192 g/mol. The Labute approximate surface area is 88.5 Å². The van der Waals surface area contributed by atoms with Crippen LogP contribution >= 0.6 is 0 Å². The number of allylic oxidation sites excluding steroid dienone is 1. The van der Waals surface area contributed by atoms with Crippen molar-refractivity contribution in [2.24, 2.45) is 5.92 Å². The van der Waals surface area contributed by atoms with Crippen molar-refractivity contribution in [1.29, 1.82) is 5.26 Å². The summed E-state index contributed by atoms with van der Waals surface area (Å²) in [6.45, 7) is 11.4. The van der Waals surface area contributed by atoms with E-state index >= 15 is 0 Å². The van der Waals surface area contributed by atoms with Crippen molar-refractivity contribution in [2.75, 3.05) is 6.54 Å². The first-order valence-electron chi connectivity index (χ1n) is 5.45. The Balaban J connectivity index is 3.70. The monoisotopic (exact) mass is 192 g/mol. The smallest absolute Gasteiger partial charge is 0.267 e. The maximum Gasteiger partial charge on any atom is 0.267 e. The van der Waals surface area contributed by atoms with Gasteiger partial charge in [-0.15, -0.1) is 0 Å². The van der Waals surface area contributed by atoms with E-state index in [1.165, 1.54) is 0 Å². The van der Waals surface area contributed by atoms with Gasteiger partial charge in [-0.25, -0.2) is 5.26 Å². The highest BCUT2D eigenvalue weighted by Crippen LogP contribution is 2.09. The van der Waals surface area contributed by atoms with Crippen molar-refractivity contribution in [3.63, 3.8) is 0 Å². The zero-order chi connectivity index (χ0) is 11.0. The van der Waals surface area contributed by atoms with Gasteiger partial charge in [0.1, 0.15) is 0 Å². The molecule has 0 aliphatic rings. The SMILES string of the molecule is C=C(CC)NCC(C)CB(C#N)CC. The van der Waals surface area contributed by atoms with E-state index < -0.39 is 0 Å². The molecule has 78 valence electrons. The minimum absolute atomic E-state index is 0.210. The maximum atomic E-state index is 8.81. The Morgan fingerprint density at radius 3 is 2.64 bits per heavy atom. The molecule has 0 fully saturated rings. The first kappa shape index (κ1) is 13.1. The molecule has 0 aromatic carbocycles. The summed E-state index contributed by atoms with van der Waals surface area (Å²) in [6, 6.07) is 0. The zero-order valence-electron chi connectivity index (χ0n) is 9.64. The molecule has 3 heteroatoms. The van der Waals surface area contributed by atoms with E-state index in [2.05, 4.69) is 38.6 Å². The lowest BCUT2D eigenvalue weighted by atomic mass is 9.45. The second-order valence-corrected chi connectivity index (χ2v) is 3.91. The lowest BCUT2D eigenvalue weighted by molar-refractivity contribution is 0.585. The summed E-state index contributed by atoms with van der Waals surface area (Å²) in [7, 11) is 0. The Hall–Kier alpha value is -0.905. The van der Waals surface area contributed by atoms with Gasteiger partial charge in [0.15, 0.2) is 0 Å². The van der Waals surface area contributed by atoms with Crippen LogP contribution in [-0.2, 0) is 0 Å². The number of nitrogens with one attached hydrogen (secondary N) is 1. The molecule has 0 spiro atoms. The number of hydrogen-bond acceptors (Lipinski definition) is 2. The van der Waals surface area contributed by atoms with Crippen LogP contribution in [0.4, 0.5) is 0 Å². The molecule has 1 unspecified atom stereocenters. The van der Waals surface area contributed by atoms with E-state index in [-0.39, 0.29) is 6.71 Å². The molecular weight excluding hydrogens is 171 g/mol. The fourth-order valence-electron chi connectivity index (χ4n) is 1.32. The summed E-state index contributed by atoms with van der Waals surface area (Å²) < 4.78 is 0. The summed E-state index contributed by atoms with van der Waals surface area (Å²) in [6.07, 6.45) is 2.91. The molecule has 0 aliphatic carbocycles. The molecule has 0 saturated heterocycles. The molecule has 0 aliphatic heterocycles. The summed E-state index contributed by atoms with van der Waals surface area (Å²) in [5.41, 5.74) is 1.09. The Kier molecular flexibility index (Phi) is 7.01. The van der Waals surface area contributed by atoms with Crippen LogP contribution in [0.15, 0.2) is 12.3 Å². The van der Waals surface area contributed by atoms with Crippen LogP contribution in [0.3, 0.4) is 0 Å². The van der Waals surface area contributed by atoms with Gasteiger partial charge < -0.3 is 5.32 Å². The number of rotatable bonds is 7. The van der Waals surface area contributed by atoms with Crippen molar-refractivity contribution in [1.82, 2.24) is 5.32 Å². The molecule has 0 radical (unpaired) electrons. The molecule has 0 aromatic rings. The van der Waals surface area contributed by atoms with Crippen LogP contribution < -0.4 is 5.32 Å². The van der Waals surface area contributed by atoms with Gasteiger partial charge in [0.05, 0.1) is 0 Å². The standard InChI is InChI=1S/C11H21BN2/c1-5-11(4)14-8-10(3)7-12(6-2)9-13/h10,14H,4-8H2,1-3H3. The van der Waals surface area contributed by atoms with Gasteiger partial charge in [0.25, 0.3) is 6.71 Å². The Bertz CT molecular complexity index is 208. The summed E-state index contributed by atoms with van der Waals surface area (Å²) in [4.78, 5) is 0. The highest BCUT2D eigenvalue weighted by Gasteiger charge is 2.14. The van der Waals surface area contributed by atoms with E-state index in [1.54, 1.807) is 0 Å². The van der Waals surface area contributed by atoms with Crippen molar-refractivity contribution in [3.8, 4) is 5.97 Å². The number of nitriles is 1. The predicted molar refractivity (Wildman–Crippen MR) is 63.3 cm³/mol. The Morgan fingerprint density at radius 1 is 1.57 bits per heavy atom. The van der Waals surface area contributed by atoms with Crippen LogP contribution in [0, 0.1) is 17.1 Å². The van der Waals surface area contributed by atoms with Crippen molar-refractivity contribution in [3.05, 3.63) is 12.3 Å². The minimum Gasteiger partial charge on any atom is -0.389 e. The van der Waals surface area contributed by atoms with E-state index in [0.717, 1.165) is 31.3 Å². The number of hydrogen-bond donors (Lipinski definition) is 1. The lowest BCUT2D eigenvalue weighted by Gasteiger charge is -2.14. The topological polar surface area (TPSA) is 35.8 Å². The third-order valence-electron chi connectivity index (χ3n) is 2.49. The molecule has 2 nitrogen and oxygen atoms in total. The van der Waals surface area contributed by atoms with E-state index in [0.29, 0.717) is 5.92 Å². The minimum atomic E-state index is 0.210. The zero-order valence-corrected chi connectivity index (χ0v) is 9.64. The van der Waals surface area contributed by atoms with Gasteiger partial charge >= 0.3 is 0 Å². The fraction of sp³-hybridized carbons (Fsp3) is 0.727. The van der Waals surface area contributed by atoms with Gasteiger partial charge in [0, 0.05) is 18.2 Å². The first-order chi connectivity index (χ1) is 6.63. The fourth-order valence-corrected chi connectivity index (χ4v) is 1.32. The van der Waals surface area contributed by atoms with Crippen LogP contribution in [0.5, 0.6) is 0 Å². The third-order valence-corrected chi connectivity index (χ3v) is 2.49. The molecule has 0 saturated carbocycles. The molecule has 0 aromatic heterocycles. The van der Waals surface area contributed by atoms with Gasteiger partial charge in [-0.2, -0.15) is 0 Å². The number of nitrogens with zero attached hydrogens (tertiary/aromatic N) is 1. The van der Waals surface area contributed by atoms with Crippen molar-refractivity contribution in [2.45, 2.75) is 39.8 Å². The Morgan fingerprint density at radius 2 is 2.21 bits per heavy atom.